The van der Waals surface area contributed by atoms with Crippen LogP contribution in [0.3, 0.4) is 0 Å². The number of aryl methyl sites for hydroxylation is 2. The van der Waals surface area contributed by atoms with Gasteiger partial charge in [0, 0.05) is 12.1 Å². The van der Waals surface area contributed by atoms with Crippen molar-refractivity contribution in [1.82, 2.24) is 10.3 Å². The van der Waals surface area contributed by atoms with Crippen LogP contribution in [0.4, 0.5) is 4.39 Å². The van der Waals surface area contributed by atoms with Gasteiger partial charge in [-0.05, 0) is 55.5 Å². The number of carbonyl (C=O) groups excluding carboxylic acids is 1. The van der Waals surface area contributed by atoms with E-state index in [1.807, 2.05) is 32.0 Å². The molecule has 0 bridgehead atoms. The highest BCUT2D eigenvalue weighted by atomic mass is 19.1. The molecule has 0 saturated heterocycles. The molecule has 128 valence electrons. The molecule has 3 aromatic rings. The van der Waals surface area contributed by atoms with Crippen molar-refractivity contribution in [3.05, 3.63) is 80.9 Å². The summed E-state index contributed by atoms with van der Waals surface area (Å²) in [6.07, 6.45) is 0.373. The van der Waals surface area contributed by atoms with Crippen molar-refractivity contribution >= 4 is 16.8 Å². The summed E-state index contributed by atoms with van der Waals surface area (Å²) in [4.78, 5) is 27.2. The Labute approximate surface area is 144 Å². The van der Waals surface area contributed by atoms with Crippen LogP contribution < -0.4 is 10.9 Å². The third kappa shape index (κ3) is 3.60. The van der Waals surface area contributed by atoms with E-state index in [0.29, 0.717) is 12.0 Å². The average Bonchev–Trinajstić information content (AvgIpc) is 2.56. The first-order valence-electron chi connectivity index (χ1n) is 8.11. The Balaban J connectivity index is 1.75. The fourth-order valence-electron chi connectivity index (χ4n) is 2.97. The van der Waals surface area contributed by atoms with Crippen LogP contribution in [-0.2, 0) is 6.42 Å². The number of aromatic nitrogens is 1. The molecule has 1 amide bonds. The van der Waals surface area contributed by atoms with Gasteiger partial charge in [-0.15, -0.1) is 0 Å². The lowest BCUT2D eigenvalue weighted by molar-refractivity contribution is 0.0950. The Kier molecular flexibility index (Phi) is 4.65. The number of benzene rings is 2. The molecule has 1 aromatic heterocycles. The summed E-state index contributed by atoms with van der Waals surface area (Å²) < 4.78 is 13.6. The van der Waals surface area contributed by atoms with Gasteiger partial charge in [-0.25, -0.2) is 4.39 Å². The predicted molar refractivity (Wildman–Crippen MR) is 96.5 cm³/mol. The van der Waals surface area contributed by atoms with Gasteiger partial charge < -0.3 is 10.3 Å². The molecule has 1 heterocycles. The molecule has 0 fully saturated rings. The average molecular weight is 338 g/mol. The van der Waals surface area contributed by atoms with Crippen molar-refractivity contribution in [3.8, 4) is 0 Å². The first-order valence-corrected chi connectivity index (χ1v) is 8.11. The van der Waals surface area contributed by atoms with Crippen LogP contribution in [0.25, 0.3) is 10.9 Å². The molecule has 5 heteroatoms. The molecule has 0 aliphatic carbocycles. The van der Waals surface area contributed by atoms with Gasteiger partial charge in [0.1, 0.15) is 5.82 Å². The summed E-state index contributed by atoms with van der Waals surface area (Å²) in [5.41, 5.74) is 3.39. The number of nitrogens with one attached hydrogen (secondary N) is 2. The maximum atomic E-state index is 13.6. The molecule has 0 aliphatic rings. The van der Waals surface area contributed by atoms with E-state index in [9.17, 15) is 14.0 Å². The molecule has 2 N–H and O–H groups in total. The number of hydrogen-bond acceptors (Lipinski definition) is 2. The van der Waals surface area contributed by atoms with Crippen LogP contribution in [0.2, 0.25) is 0 Å². The molecule has 0 saturated carbocycles. The molecule has 0 spiro atoms. The zero-order valence-electron chi connectivity index (χ0n) is 14.2. The van der Waals surface area contributed by atoms with Gasteiger partial charge >= 0.3 is 0 Å². The van der Waals surface area contributed by atoms with Crippen molar-refractivity contribution in [2.75, 3.05) is 6.54 Å². The van der Waals surface area contributed by atoms with Crippen molar-refractivity contribution in [3.63, 3.8) is 0 Å². The Morgan fingerprint density at radius 1 is 1.16 bits per heavy atom. The van der Waals surface area contributed by atoms with E-state index in [1.54, 1.807) is 6.07 Å². The summed E-state index contributed by atoms with van der Waals surface area (Å²) in [6, 6.07) is 11.7. The van der Waals surface area contributed by atoms with E-state index in [1.165, 1.54) is 18.2 Å². The summed E-state index contributed by atoms with van der Waals surface area (Å²) in [5.74, 6) is -1.04. The fourth-order valence-corrected chi connectivity index (χ4v) is 2.97. The van der Waals surface area contributed by atoms with Crippen LogP contribution in [-0.4, -0.2) is 17.4 Å². The topological polar surface area (TPSA) is 62.0 Å². The molecular formula is C20H19FN2O2. The number of rotatable bonds is 4. The number of carbonyl (C=O) groups is 1. The van der Waals surface area contributed by atoms with Gasteiger partial charge in [0.05, 0.1) is 11.1 Å². The maximum absolute atomic E-state index is 13.6. The summed E-state index contributed by atoms with van der Waals surface area (Å²) in [7, 11) is 0. The van der Waals surface area contributed by atoms with Gasteiger partial charge in [0.15, 0.2) is 0 Å². The molecular weight excluding hydrogens is 319 g/mol. The second-order valence-electron chi connectivity index (χ2n) is 6.16. The van der Waals surface area contributed by atoms with Crippen molar-refractivity contribution in [2.45, 2.75) is 20.3 Å². The van der Waals surface area contributed by atoms with Gasteiger partial charge in [0.25, 0.3) is 11.5 Å². The zero-order chi connectivity index (χ0) is 18.0. The number of halogens is 1. The number of H-pyrrole nitrogens is 1. The largest absolute Gasteiger partial charge is 0.352 e. The summed E-state index contributed by atoms with van der Waals surface area (Å²) in [5, 5.41) is 3.62. The third-order valence-electron chi connectivity index (χ3n) is 4.17. The number of aromatic amines is 1. The van der Waals surface area contributed by atoms with Crippen molar-refractivity contribution in [2.24, 2.45) is 0 Å². The summed E-state index contributed by atoms with van der Waals surface area (Å²) >= 11 is 0. The highest BCUT2D eigenvalue weighted by Crippen LogP contribution is 2.18. The third-order valence-corrected chi connectivity index (χ3v) is 4.17. The Morgan fingerprint density at radius 3 is 2.68 bits per heavy atom. The normalized spacial score (nSPS) is 10.8. The number of fused-ring (bicyclic) bond motifs is 1. The highest BCUT2D eigenvalue weighted by Gasteiger charge is 2.11. The lowest BCUT2D eigenvalue weighted by Crippen LogP contribution is -2.28. The minimum Gasteiger partial charge on any atom is -0.352 e. The van der Waals surface area contributed by atoms with Gasteiger partial charge in [-0.2, -0.15) is 0 Å². The minimum absolute atomic E-state index is 0.00108. The number of hydrogen-bond donors (Lipinski definition) is 2. The van der Waals surface area contributed by atoms with E-state index in [2.05, 4.69) is 10.3 Å². The van der Waals surface area contributed by atoms with Crippen molar-refractivity contribution in [1.29, 1.82) is 0 Å². The Hall–Kier alpha value is -2.95. The van der Waals surface area contributed by atoms with Crippen LogP contribution in [0.15, 0.2) is 47.3 Å². The van der Waals surface area contributed by atoms with Crippen LogP contribution >= 0.6 is 0 Å². The fraction of sp³-hybridized carbons (Fsp3) is 0.200. The Bertz CT molecular complexity index is 1010. The first-order chi connectivity index (χ1) is 12.0. The van der Waals surface area contributed by atoms with E-state index < -0.39 is 11.7 Å². The zero-order valence-corrected chi connectivity index (χ0v) is 14.2. The predicted octanol–water partition coefficient (Wildman–Crippen LogP) is 3.26. The van der Waals surface area contributed by atoms with Crippen LogP contribution in [0.1, 0.15) is 27.0 Å². The molecule has 0 aliphatic heterocycles. The van der Waals surface area contributed by atoms with Crippen LogP contribution in [0.5, 0.6) is 0 Å². The van der Waals surface area contributed by atoms with E-state index in [-0.39, 0.29) is 17.7 Å². The molecule has 4 nitrogen and oxygen atoms in total. The van der Waals surface area contributed by atoms with E-state index in [0.717, 1.165) is 22.0 Å². The maximum Gasteiger partial charge on any atom is 0.254 e. The number of amides is 1. The SMILES string of the molecule is Cc1cc(C)c2[nH]c(=O)c(CCNC(=O)c3ccccc3F)cc2c1. The lowest BCUT2D eigenvalue weighted by atomic mass is 10.0. The second kappa shape index (κ2) is 6.89. The molecule has 0 unspecified atom stereocenters. The monoisotopic (exact) mass is 338 g/mol. The second-order valence-corrected chi connectivity index (χ2v) is 6.16. The van der Waals surface area contributed by atoms with Gasteiger partial charge in [0.2, 0.25) is 0 Å². The van der Waals surface area contributed by atoms with Gasteiger partial charge in [-0.3, -0.25) is 9.59 Å². The Morgan fingerprint density at radius 2 is 1.92 bits per heavy atom. The molecule has 25 heavy (non-hydrogen) atoms. The first kappa shape index (κ1) is 16.9. The smallest absolute Gasteiger partial charge is 0.254 e. The molecule has 0 radical (unpaired) electrons. The minimum atomic E-state index is -0.561. The van der Waals surface area contributed by atoms with Crippen LogP contribution in [0, 0.1) is 19.7 Å². The quantitative estimate of drug-likeness (QED) is 0.767. The van der Waals surface area contributed by atoms with Gasteiger partial charge in [-0.1, -0.05) is 23.8 Å². The summed E-state index contributed by atoms with van der Waals surface area (Å²) in [6.45, 7) is 4.22. The van der Waals surface area contributed by atoms with Crippen molar-refractivity contribution < 1.29 is 9.18 Å². The molecule has 0 atom stereocenters. The highest BCUT2D eigenvalue weighted by molar-refractivity contribution is 5.94. The number of pyridine rings is 1. The standard InChI is InChI=1S/C20H19FN2O2/c1-12-9-13(2)18-15(10-12)11-14(19(24)23-18)7-8-22-20(25)16-5-3-4-6-17(16)21/h3-6,9-11H,7-8H2,1-2H3,(H,22,25)(H,23,24). The van der Waals surface area contributed by atoms with E-state index in [4.69, 9.17) is 0 Å². The van der Waals surface area contributed by atoms with E-state index >= 15 is 0 Å². The lowest BCUT2D eigenvalue weighted by Gasteiger charge is -2.08. The molecule has 3 rings (SSSR count). The molecule has 2 aromatic carbocycles.